The molecule has 1 atom stereocenters. The average molecular weight is 591 g/mol. The van der Waals surface area contributed by atoms with Gasteiger partial charge in [0.15, 0.2) is 0 Å². The van der Waals surface area contributed by atoms with Crippen molar-refractivity contribution in [1.29, 1.82) is 0 Å². The van der Waals surface area contributed by atoms with Gasteiger partial charge in [-0.05, 0) is 63.1 Å². The van der Waals surface area contributed by atoms with Crippen LogP contribution >= 0.6 is 23.2 Å². The van der Waals surface area contributed by atoms with E-state index >= 15 is 0 Å². The van der Waals surface area contributed by atoms with Gasteiger partial charge in [0.2, 0.25) is 11.8 Å². The number of halogens is 2. The van der Waals surface area contributed by atoms with E-state index in [0.29, 0.717) is 11.4 Å². The van der Waals surface area contributed by atoms with Crippen LogP contribution in [0.1, 0.15) is 38.3 Å². The van der Waals surface area contributed by atoms with Gasteiger partial charge in [-0.1, -0.05) is 78.2 Å². The van der Waals surface area contributed by atoms with Crippen molar-refractivity contribution in [2.75, 3.05) is 10.8 Å². The molecule has 3 aromatic rings. The third-order valence-corrected chi connectivity index (χ3v) is 8.39. The molecular weight excluding hydrogens is 557 g/mol. The van der Waals surface area contributed by atoms with Crippen LogP contribution in [0.15, 0.2) is 77.7 Å². The Labute approximate surface area is 240 Å². The van der Waals surface area contributed by atoms with E-state index in [4.69, 9.17) is 23.2 Å². The number of nitrogens with zero attached hydrogens (tertiary/aromatic N) is 2. The van der Waals surface area contributed by atoms with Gasteiger partial charge in [-0.3, -0.25) is 13.9 Å². The fourth-order valence-corrected chi connectivity index (χ4v) is 6.12. The van der Waals surface area contributed by atoms with Gasteiger partial charge in [-0.2, -0.15) is 0 Å². The molecule has 1 N–H and O–H groups in total. The number of carbonyl (C=O) groups excluding carboxylic acids is 2. The SMILES string of the molecule is CCC(C(=O)NC(C)C)N(Cc1ccc(C)cc1)C(=O)CN(c1ccc(Cl)cc1Cl)S(=O)(=O)c1ccccc1. The van der Waals surface area contributed by atoms with Gasteiger partial charge < -0.3 is 10.2 Å². The van der Waals surface area contributed by atoms with Crippen LogP contribution in [0.5, 0.6) is 0 Å². The average Bonchev–Trinajstić information content (AvgIpc) is 2.88. The molecule has 1 unspecified atom stereocenters. The molecule has 208 valence electrons. The summed E-state index contributed by atoms with van der Waals surface area (Å²) in [5.41, 5.74) is 1.97. The fourth-order valence-electron chi connectivity index (χ4n) is 4.11. The summed E-state index contributed by atoms with van der Waals surface area (Å²) in [7, 11) is -4.21. The molecule has 0 fully saturated rings. The quantitative estimate of drug-likeness (QED) is 0.305. The molecule has 0 saturated carbocycles. The Kier molecular flexibility index (Phi) is 10.4. The molecule has 10 heteroatoms. The first kappa shape index (κ1) is 30.5. The van der Waals surface area contributed by atoms with Crippen molar-refractivity contribution in [2.24, 2.45) is 0 Å². The van der Waals surface area contributed by atoms with Crippen molar-refractivity contribution < 1.29 is 18.0 Å². The van der Waals surface area contributed by atoms with E-state index < -0.39 is 28.5 Å². The molecule has 39 heavy (non-hydrogen) atoms. The minimum Gasteiger partial charge on any atom is -0.352 e. The summed E-state index contributed by atoms with van der Waals surface area (Å²) in [6, 6.07) is 18.9. The molecule has 0 aliphatic heterocycles. The number of hydrogen-bond acceptors (Lipinski definition) is 4. The first-order chi connectivity index (χ1) is 18.4. The standard InChI is InChI=1S/C29H33Cl2N3O4S/c1-5-26(29(36)32-20(2)3)33(18-22-13-11-21(4)12-14-22)28(35)19-34(27-16-15-23(30)17-25(27)31)39(37,38)24-9-7-6-8-10-24/h6-17,20,26H,5,18-19H2,1-4H3,(H,32,36). The highest BCUT2D eigenvalue weighted by Crippen LogP contribution is 2.33. The first-order valence-electron chi connectivity index (χ1n) is 12.6. The van der Waals surface area contributed by atoms with Crippen LogP contribution in [-0.4, -0.2) is 43.8 Å². The van der Waals surface area contributed by atoms with Crippen LogP contribution in [-0.2, 0) is 26.2 Å². The zero-order chi connectivity index (χ0) is 28.7. The van der Waals surface area contributed by atoms with Crippen LogP contribution in [0.4, 0.5) is 5.69 Å². The summed E-state index contributed by atoms with van der Waals surface area (Å²) in [5, 5.41) is 3.28. The van der Waals surface area contributed by atoms with E-state index in [2.05, 4.69) is 5.32 Å². The molecular formula is C29H33Cl2N3O4S. The molecule has 0 aromatic heterocycles. The van der Waals surface area contributed by atoms with Crippen molar-refractivity contribution in [3.8, 4) is 0 Å². The molecule has 0 radical (unpaired) electrons. The Morgan fingerprint density at radius 3 is 2.15 bits per heavy atom. The van der Waals surface area contributed by atoms with Gasteiger partial charge in [0.05, 0.1) is 15.6 Å². The van der Waals surface area contributed by atoms with Crippen LogP contribution in [0.25, 0.3) is 0 Å². The zero-order valence-electron chi connectivity index (χ0n) is 22.4. The van der Waals surface area contributed by atoms with Crippen molar-refractivity contribution in [3.63, 3.8) is 0 Å². The first-order valence-corrected chi connectivity index (χ1v) is 14.8. The molecule has 0 heterocycles. The molecule has 2 amide bonds. The summed E-state index contributed by atoms with van der Waals surface area (Å²) in [5.74, 6) is -0.859. The maximum absolute atomic E-state index is 14.0. The summed E-state index contributed by atoms with van der Waals surface area (Å²) in [6.45, 7) is 7.00. The van der Waals surface area contributed by atoms with E-state index in [9.17, 15) is 18.0 Å². The number of benzene rings is 3. The zero-order valence-corrected chi connectivity index (χ0v) is 24.7. The molecule has 7 nitrogen and oxygen atoms in total. The van der Waals surface area contributed by atoms with Gasteiger partial charge in [0, 0.05) is 17.6 Å². The molecule has 3 rings (SSSR count). The monoisotopic (exact) mass is 589 g/mol. The number of sulfonamides is 1. The Bertz CT molecular complexity index is 1400. The lowest BCUT2D eigenvalue weighted by Crippen LogP contribution is -2.53. The summed E-state index contributed by atoms with van der Waals surface area (Å²) in [6.07, 6.45) is 0.337. The highest BCUT2D eigenvalue weighted by molar-refractivity contribution is 7.92. The minimum atomic E-state index is -4.21. The number of amides is 2. The number of nitrogens with one attached hydrogen (secondary N) is 1. The molecule has 0 aliphatic carbocycles. The third kappa shape index (κ3) is 7.75. The van der Waals surface area contributed by atoms with Crippen LogP contribution in [0.2, 0.25) is 10.0 Å². The molecule has 0 aliphatic rings. The third-order valence-electron chi connectivity index (χ3n) is 6.08. The minimum absolute atomic E-state index is 0.00139. The Hall–Kier alpha value is -3.07. The summed E-state index contributed by atoms with van der Waals surface area (Å²) >= 11 is 12.5. The predicted molar refractivity (Wildman–Crippen MR) is 157 cm³/mol. The van der Waals surface area contributed by atoms with Crippen molar-refractivity contribution in [1.82, 2.24) is 10.2 Å². The topological polar surface area (TPSA) is 86.8 Å². The Balaban J connectivity index is 2.08. The molecule has 0 saturated heterocycles. The van der Waals surface area contributed by atoms with Crippen molar-refractivity contribution >= 4 is 50.7 Å². The number of hydrogen-bond donors (Lipinski definition) is 1. The van der Waals surface area contributed by atoms with E-state index in [0.717, 1.165) is 15.4 Å². The number of carbonyl (C=O) groups is 2. The summed E-state index contributed by atoms with van der Waals surface area (Å²) < 4.78 is 28.6. The van der Waals surface area contributed by atoms with Gasteiger partial charge in [-0.25, -0.2) is 8.42 Å². The van der Waals surface area contributed by atoms with Gasteiger partial charge in [0.25, 0.3) is 10.0 Å². The maximum Gasteiger partial charge on any atom is 0.264 e. The van der Waals surface area contributed by atoms with Crippen LogP contribution < -0.4 is 9.62 Å². The van der Waals surface area contributed by atoms with E-state index in [1.165, 1.54) is 35.2 Å². The number of aryl methyl sites for hydroxylation is 1. The molecule has 0 spiro atoms. The number of rotatable bonds is 11. The Morgan fingerprint density at radius 1 is 0.949 bits per heavy atom. The highest BCUT2D eigenvalue weighted by Gasteiger charge is 2.34. The lowest BCUT2D eigenvalue weighted by atomic mass is 10.1. The highest BCUT2D eigenvalue weighted by atomic mass is 35.5. The van der Waals surface area contributed by atoms with Crippen LogP contribution in [0.3, 0.4) is 0 Å². The lowest BCUT2D eigenvalue weighted by Gasteiger charge is -2.33. The second kappa shape index (κ2) is 13.3. The Morgan fingerprint density at radius 2 is 1.59 bits per heavy atom. The number of anilines is 1. The van der Waals surface area contributed by atoms with E-state index in [1.807, 2.05) is 52.0 Å². The smallest absolute Gasteiger partial charge is 0.264 e. The lowest BCUT2D eigenvalue weighted by molar-refractivity contribution is -0.140. The van der Waals surface area contributed by atoms with Crippen LogP contribution in [0, 0.1) is 6.92 Å². The second-order valence-electron chi connectivity index (χ2n) is 9.52. The van der Waals surface area contributed by atoms with E-state index in [1.54, 1.807) is 18.2 Å². The van der Waals surface area contributed by atoms with Crippen molar-refractivity contribution in [2.45, 2.75) is 57.6 Å². The van der Waals surface area contributed by atoms with Crippen molar-refractivity contribution in [3.05, 3.63) is 94.0 Å². The summed E-state index contributed by atoms with van der Waals surface area (Å²) in [4.78, 5) is 28.6. The predicted octanol–water partition coefficient (Wildman–Crippen LogP) is 5.83. The molecule has 3 aromatic carbocycles. The normalized spacial score (nSPS) is 12.2. The van der Waals surface area contributed by atoms with E-state index in [-0.39, 0.29) is 34.1 Å². The molecule has 0 bridgehead atoms. The largest absolute Gasteiger partial charge is 0.352 e. The maximum atomic E-state index is 14.0. The fraction of sp³-hybridized carbons (Fsp3) is 0.310. The van der Waals surface area contributed by atoms with Gasteiger partial charge >= 0.3 is 0 Å². The van der Waals surface area contributed by atoms with Gasteiger partial charge in [-0.15, -0.1) is 0 Å². The van der Waals surface area contributed by atoms with Gasteiger partial charge in [0.1, 0.15) is 12.6 Å². The second-order valence-corrected chi connectivity index (χ2v) is 12.2.